The minimum atomic E-state index is -0.996. The van der Waals surface area contributed by atoms with Crippen molar-refractivity contribution in [3.63, 3.8) is 0 Å². The molecule has 0 radical (unpaired) electrons. The number of piperidine rings is 3. The fraction of sp³-hybridized carbons (Fsp3) is 0.511. The molecule has 5 fully saturated rings. The number of likely N-dealkylation sites (N-methyl/N-ethyl adjacent to an activating group) is 1. The van der Waals surface area contributed by atoms with E-state index in [0.29, 0.717) is 45.0 Å². The summed E-state index contributed by atoms with van der Waals surface area (Å²) in [5.41, 5.74) is 8.95. The average molecular weight is 903 g/mol. The second kappa shape index (κ2) is 18.3. The summed E-state index contributed by atoms with van der Waals surface area (Å²) in [6, 6.07) is 12.5. The molecule has 19 nitrogen and oxygen atoms in total. The van der Waals surface area contributed by atoms with Crippen molar-refractivity contribution in [2.75, 3.05) is 94.2 Å². The highest BCUT2D eigenvalue weighted by atomic mass is 16.2. The summed E-state index contributed by atoms with van der Waals surface area (Å²) < 4.78 is 0. The summed E-state index contributed by atoms with van der Waals surface area (Å²) in [5, 5.41) is 5.51. The fourth-order valence-electron chi connectivity index (χ4n) is 10.4. The van der Waals surface area contributed by atoms with Crippen LogP contribution in [0.4, 0.5) is 27.8 Å². The monoisotopic (exact) mass is 902 g/mol. The fourth-order valence-corrected chi connectivity index (χ4v) is 10.4. The number of aromatic nitrogens is 2. The van der Waals surface area contributed by atoms with Crippen molar-refractivity contribution >= 4 is 64.5 Å². The molecule has 19 heteroatoms. The Balaban J connectivity index is 0.725. The van der Waals surface area contributed by atoms with Crippen LogP contribution in [0.15, 0.2) is 48.7 Å². The molecule has 66 heavy (non-hydrogen) atoms. The first-order valence-electron chi connectivity index (χ1n) is 23.2. The van der Waals surface area contributed by atoms with Crippen LogP contribution in [0, 0.1) is 0 Å². The van der Waals surface area contributed by atoms with Crippen molar-refractivity contribution in [3.8, 4) is 0 Å². The first kappa shape index (κ1) is 44.6. The molecule has 2 aromatic carbocycles. The Kier molecular flexibility index (Phi) is 12.4. The van der Waals surface area contributed by atoms with Crippen molar-refractivity contribution in [1.29, 1.82) is 0 Å². The molecular weight excluding hydrogens is 845 g/mol. The number of amides is 8. The van der Waals surface area contributed by atoms with Crippen molar-refractivity contribution in [2.24, 2.45) is 5.73 Å². The van der Waals surface area contributed by atoms with Gasteiger partial charge in [0.15, 0.2) is 11.5 Å². The zero-order chi connectivity index (χ0) is 46.3. The molecule has 3 aromatic rings. The molecule has 2 atom stereocenters. The molecule has 5 saturated heterocycles. The highest BCUT2D eigenvalue weighted by molar-refractivity contribution is 6.23. The van der Waals surface area contributed by atoms with Gasteiger partial charge in [-0.05, 0) is 86.4 Å². The van der Waals surface area contributed by atoms with E-state index < -0.39 is 35.6 Å². The molecule has 0 spiro atoms. The zero-order valence-electron chi connectivity index (χ0n) is 37.7. The quantitative estimate of drug-likeness (QED) is 0.223. The summed E-state index contributed by atoms with van der Waals surface area (Å²) in [6.45, 7) is 10.3. The Morgan fingerprint density at radius 3 is 2.30 bits per heavy atom. The predicted molar refractivity (Wildman–Crippen MR) is 244 cm³/mol. The first-order valence-corrected chi connectivity index (χ1v) is 23.2. The number of hydrogen-bond donors (Lipinski definition) is 3. The maximum atomic E-state index is 13.4. The van der Waals surface area contributed by atoms with E-state index in [9.17, 15) is 33.6 Å². The third-order valence-corrected chi connectivity index (χ3v) is 14.5. The molecule has 6 aliphatic rings. The van der Waals surface area contributed by atoms with Gasteiger partial charge >= 0.3 is 6.03 Å². The van der Waals surface area contributed by atoms with Crippen LogP contribution < -0.4 is 26.2 Å². The molecule has 4 N–H and O–H groups in total. The van der Waals surface area contributed by atoms with E-state index in [4.69, 9.17) is 10.7 Å². The number of carbonyl (C=O) groups is 7. The third kappa shape index (κ3) is 8.87. The number of rotatable bonds is 12. The number of primary amides is 1. The van der Waals surface area contributed by atoms with Gasteiger partial charge in [-0.25, -0.2) is 14.8 Å². The molecule has 1 aromatic heterocycles. The SMILES string of the molecule is CN1CCN([C@@H]2CCCN(c3cnc(C(N)=O)c(Nc4ccc(C5(C)CCN(C(=O)CCCN6CCN(c7ccc8c(c7)C(=O)N(C7CCC(=O)NC7=O)C8=O)CC6)CC5)cc4)n3)C2)C1=O. The van der Waals surface area contributed by atoms with Gasteiger partial charge in [0, 0.05) is 96.7 Å². The van der Waals surface area contributed by atoms with Crippen LogP contribution in [0.2, 0.25) is 0 Å². The Hall–Kier alpha value is -6.63. The lowest BCUT2D eigenvalue weighted by molar-refractivity contribution is -0.136. The maximum absolute atomic E-state index is 13.4. The highest BCUT2D eigenvalue weighted by Gasteiger charge is 2.45. The van der Waals surface area contributed by atoms with Crippen LogP contribution in [0.1, 0.15) is 95.1 Å². The van der Waals surface area contributed by atoms with Crippen LogP contribution in [0.3, 0.4) is 0 Å². The molecule has 0 saturated carbocycles. The Morgan fingerprint density at radius 1 is 0.864 bits per heavy atom. The second-order valence-electron chi connectivity index (χ2n) is 18.7. The number of likely N-dealkylation sites (tertiary alicyclic amines) is 1. The van der Waals surface area contributed by atoms with Crippen LogP contribution in [0.25, 0.3) is 0 Å². The lowest BCUT2D eigenvalue weighted by Crippen LogP contribution is -2.54. The van der Waals surface area contributed by atoms with Crippen LogP contribution in [-0.4, -0.2) is 167 Å². The van der Waals surface area contributed by atoms with Gasteiger partial charge in [-0.2, -0.15) is 0 Å². The van der Waals surface area contributed by atoms with E-state index in [1.807, 2.05) is 35.0 Å². The number of carbonyl (C=O) groups excluding carboxylic acids is 7. The summed E-state index contributed by atoms with van der Waals surface area (Å²) in [6.07, 6.45) is 6.50. The molecule has 348 valence electrons. The van der Waals surface area contributed by atoms with Gasteiger partial charge < -0.3 is 35.6 Å². The maximum Gasteiger partial charge on any atom is 0.320 e. The summed E-state index contributed by atoms with van der Waals surface area (Å²) in [7, 11) is 1.82. The number of nitrogens with zero attached hydrogens (tertiary/aromatic N) is 9. The van der Waals surface area contributed by atoms with Gasteiger partial charge in [0.2, 0.25) is 17.7 Å². The number of nitrogens with two attached hydrogens (primary N) is 1. The average Bonchev–Trinajstić information content (AvgIpc) is 3.78. The van der Waals surface area contributed by atoms with Crippen molar-refractivity contribution in [3.05, 3.63) is 71.0 Å². The molecule has 6 aliphatic heterocycles. The zero-order valence-corrected chi connectivity index (χ0v) is 37.7. The van der Waals surface area contributed by atoms with Gasteiger partial charge in [0.05, 0.1) is 23.4 Å². The Labute approximate surface area is 383 Å². The minimum Gasteiger partial charge on any atom is -0.369 e. The molecule has 1 unspecified atom stereocenters. The first-order chi connectivity index (χ1) is 31.8. The summed E-state index contributed by atoms with van der Waals surface area (Å²) in [5.74, 6) is -1.67. The van der Waals surface area contributed by atoms with E-state index >= 15 is 0 Å². The molecule has 9 rings (SSSR count). The topological polar surface area (TPSA) is 218 Å². The molecule has 7 heterocycles. The van der Waals surface area contributed by atoms with Crippen LogP contribution in [0.5, 0.6) is 0 Å². The summed E-state index contributed by atoms with van der Waals surface area (Å²) >= 11 is 0. The third-order valence-electron chi connectivity index (χ3n) is 14.5. The number of nitrogens with one attached hydrogen (secondary N) is 2. The van der Waals surface area contributed by atoms with Crippen molar-refractivity contribution < 1.29 is 33.6 Å². The van der Waals surface area contributed by atoms with Crippen molar-refractivity contribution in [1.82, 2.24) is 39.8 Å². The number of anilines is 4. The number of benzene rings is 2. The van der Waals surface area contributed by atoms with Crippen molar-refractivity contribution in [2.45, 2.75) is 75.8 Å². The van der Waals surface area contributed by atoms with Crippen LogP contribution >= 0.6 is 0 Å². The molecule has 8 amide bonds. The number of imide groups is 2. The lowest BCUT2D eigenvalue weighted by atomic mass is 9.74. The van der Waals surface area contributed by atoms with Gasteiger partial charge in [0.1, 0.15) is 11.9 Å². The predicted octanol–water partition coefficient (Wildman–Crippen LogP) is 2.54. The Morgan fingerprint density at radius 2 is 1.61 bits per heavy atom. The normalized spacial score (nSPS) is 22.5. The van der Waals surface area contributed by atoms with E-state index in [1.165, 1.54) is 5.56 Å². The molecular formula is C47H58N12O7. The lowest BCUT2D eigenvalue weighted by Gasteiger charge is -2.40. The standard InChI is InChI=1S/C47H58N12O7/c1-47(30-7-9-31(10-8-30)50-42-40(41(48)62)49-28-37(51-42)57-18-3-5-33(29-57)58-26-21-53(2)46(58)66)15-19-56(20-16-47)39(61)6-4-17-54-22-24-55(25-23-54)32-11-12-34-35(27-32)45(65)59(44(34)64)36-13-14-38(60)52-43(36)63/h7-12,27-28,33,36H,3-6,13-26,29H2,1-2H3,(H2,48,62)(H,50,51)(H,52,60,63)/t33-,36?/m1/s1. The highest BCUT2D eigenvalue weighted by Crippen LogP contribution is 2.37. The second-order valence-corrected chi connectivity index (χ2v) is 18.7. The van der Waals surface area contributed by atoms with Gasteiger partial charge in [0.25, 0.3) is 17.7 Å². The van der Waals surface area contributed by atoms with E-state index in [-0.39, 0.29) is 58.9 Å². The Bertz CT molecular complexity index is 2430. The number of urea groups is 1. The smallest absolute Gasteiger partial charge is 0.320 e. The van der Waals surface area contributed by atoms with Gasteiger partial charge in [-0.3, -0.25) is 43.9 Å². The molecule has 0 bridgehead atoms. The van der Waals surface area contributed by atoms with Gasteiger partial charge in [-0.1, -0.05) is 19.1 Å². The minimum absolute atomic E-state index is 0.0500. The van der Waals surface area contributed by atoms with Crippen LogP contribution in [-0.2, 0) is 19.8 Å². The van der Waals surface area contributed by atoms with E-state index in [2.05, 4.69) is 49.4 Å². The largest absolute Gasteiger partial charge is 0.369 e. The number of fused-ring (bicyclic) bond motifs is 1. The van der Waals surface area contributed by atoms with E-state index in [1.54, 1.807) is 23.2 Å². The number of hydrogen-bond acceptors (Lipinski definition) is 13. The summed E-state index contributed by atoms with van der Waals surface area (Å²) in [4.78, 5) is 112. The molecule has 0 aliphatic carbocycles. The number of piperazine rings is 1. The van der Waals surface area contributed by atoms with E-state index in [0.717, 1.165) is 87.6 Å². The van der Waals surface area contributed by atoms with Gasteiger partial charge in [-0.15, -0.1) is 0 Å².